The second kappa shape index (κ2) is 8.94. The van der Waals surface area contributed by atoms with E-state index in [9.17, 15) is 8.42 Å². The molecular formula is C21H25N2O2S+. The van der Waals surface area contributed by atoms with Crippen molar-refractivity contribution < 1.29 is 13.3 Å². The maximum atomic E-state index is 12.5. The maximum absolute atomic E-state index is 12.5. The first-order chi connectivity index (χ1) is 12.6. The Kier molecular flexibility index (Phi) is 6.39. The summed E-state index contributed by atoms with van der Waals surface area (Å²) in [5.74, 6) is 0. The molecule has 0 atom stereocenters. The van der Waals surface area contributed by atoms with E-state index in [1.807, 2.05) is 48.5 Å². The topological polar surface area (TPSA) is 41.8 Å². The number of nitrogens with one attached hydrogen (secondary N) is 1. The molecule has 2 aromatic rings. The fourth-order valence-corrected chi connectivity index (χ4v) is 4.19. The van der Waals surface area contributed by atoms with Crippen molar-refractivity contribution in [1.29, 1.82) is 0 Å². The lowest BCUT2D eigenvalue weighted by Crippen LogP contribution is -3.14. The predicted octanol–water partition coefficient (Wildman–Crippen LogP) is 1.90. The normalized spacial score (nSPS) is 17.2. The van der Waals surface area contributed by atoms with Crippen LogP contribution in [0.3, 0.4) is 0 Å². The van der Waals surface area contributed by atoms with Crippen molar-refractivity contribution in [1.82, 2.24) is 4.31 Å². The van der Waals surface area contributed by atoms with Crippen molar-refractivity contribution in [2.75, 3.05) is 32.7 Å². The Bertz CT molecular complexity index is 838. The molecule has 1 aliphatic rings. The summed E-state index contributed by atoms with van der Waals surface area (Å²) in [4.78, 5) is 1.41. The van der Waals surface area contributed by atoms with Crippen LogP contribution in [0.2, 0.25) is 0 Å². The maximum Gasteiger partial charge on any atom is 0.236 e. The number of piperazine rings is 1. The van der Waals surface area contributed by atoms with E-state index in [1.54, 1.807) is 10.4 Å². The van der Waals surface area contributed by atoms with Crippen molar-refractivity contribution in [3.8, 4) is 0 Å². The lowest BCUT2D eigenvalue weighted by molar-refractivity contribution is -0.897. The van der Waals surface area contributed by atoms with E-state index in [-0.39, 0.29) is 0 Å². The number of quaternary nitrogens is 1. The molecule has 4 nitrogen and oxygen atoms in total. The van der Waals surface area contributed by atoms with Crippen molar-refractivity contribution in [2.45, 2.75) is 0 Å². The van der Waals surface area contributed by atoms with Crippen LogP contribution in [0.25, 0.3) is 12.2 Å². The van der Waals surface area contributed by atoms with Crippen LogP contribution in [0, 0.1) is 0 Å². The molecule has 1 heterocycles. The van der Waals surface area contributed by atoms with Gasteiger partial charge in [0, 0.05) is 5.41 Å². The second-order valence-corrected chi connectivity index (χ2v) is 8.24. The van der Waals surface area contributed by atoms with Gasteiger partial charge in [-0.3, -0.25) is 0 Å². The largest absolute Gasteiger partial charge is 0.329 e. The summed E-state index contributed by atoms with van der Waals surface area (Å²) in [7, 11) is -3.35. The van der Waals surface area contributed by atoms with Crippen LogP contribution in [-0.4, -0.2) is 45.4 Å². The molecule has 1 saturated heterocycles. The molecule has 0 aromatic heterocycles. The number of hydrogen-bond donors (Lipinski definition) is 1. The van der Waals surface area contributed by atoms with E-state index in [0.717, 1.165) is 25.2 Å². The van der Waals surface area contributed by atoms with Gasteiger partial charge < -0.3 is 4.90 Å². The lowest BCUT2D eigenvalue weighted by Gasteiger charge is -2.30. The van der Waals surface area contributed by atoms with E-state index in [0.29, 0.717) is 13.1 Å². The molecular weight excluding hydrogens is 344 g/mol. The SMILES string of the molecule is O=S(=O)(/C=C/c1ccccc1)N1CC[NH+](C/C=C/c2ccccc2)CC1. The summed E-state index contributed by atoms with van der Waals surface area (Å²) in [6.07, 6.45) is 5.96. The summed E-state index contributed by atoms with van der Waals surface area (Å²) in [6, 6.07) is 19.7. The third-order valence-corrected chi connectivity index (χ3v) is 6.10. The van der Waals surface area contributed by atoms with Crippen molar-refractivity contribution in [3.05, 3.63) is 83.3 Å². The number of sulfonamides is 1. The van der Waals surface area contributed by atoms with Gasteiger partial charge in [0.1, 0.15) is 0 Å². The summed E-state index contributed by atoms with van der Waals surface area (Å²) in [5.41, 5.74) is 2.09. The second-order valence-electron chi connectivity index (χ2n) is 6.42. The first-order valence-corrected chi connectivity index (χ1v) is 10.4. The first kappa shape index (κ1) is 18.6. The molecule has 0 amide bonds. The van der Waals surface area contributed by atoms with Crippen LogP contribution in [0.4, 0.5) is 0 Å². The Morgan fingerprint density at radius 2 is 1.38 bits per heavy atom. The number of hydrogen-bond acceptors (Lipinski definition) is 2. The minimum absolute atomic E-state index is 0.565. The van der Waals surface area contributed by atoms with Gasteiger partial charge in [-0.2, -0.15) is 4.31 Å². The molecule has 0 unspecified atom stereocenters. The van der Waals surface area contributed by atoms with Crippen molar-refractivity contribution in [2.24, 2.45) is 0 Å². The highest BCUT2D eigenvalue weighted by Gasteiger charge is 2.26. The molecule has 2 aromatic carbocycles. The fraction of sp³-hybridized carbons (Fsp3) is 0.238. The lowest BCUT2D eigenvalue weighted by atomic mass is 10.2. The molecule has 0 spiro atoms. The van der Waals surface area contributed by atoms with Crippen LogP contribution >= 0.6 is 0 Å². The molecule has 0 saturated carbocycles. The van der Waals surface area contributed by atoms with Crippen LogP contribution < -0.4 is 4.90 Å². The van der Waals surface area contributed by atoms with Crippen LogP contribution in [0.15, 0.2) is 72.1 Å². The molecule has 0 aliphatic carbocycles. The van der Waals surface area contributed by atoms with Gasteiger partial charge in [-0.05, 0) is 23.3 Å². The van der Waals surface area contributed by atoms with Crippen molar-refractivity contribution >= 4 is 22.2 Å². The van der Waals surface area contributed by atoms with E-state index < -0.39 is 10.0 Å². The van der Waals surface area contributed by atoms with Gasteiger partial charge in [0.15, 0.2) is 0 Å². The smallest absolute Gasteiger partial charge is 0.236 e. The zero-order valence-electron chi connectivity index (χ0n) is 14.8. The first-order valence-electron chi connectivity index (χ1n) is 8.92. The molecule has 1 fully saturated rings. The summed E-state index contributed by atoms with van der Waals surface area (Å²) in [5, 5.41) is 1.32. The molecule has 3 rings (SSSR count). The Hall–Kier alpha value is -2.21. The van der Waals surface area contributed by atoms with Gasteiger partial charge in [0.25, 0.3) is 0 Å². The average Bonchev–Trinajstić information content (AvgIpc) is 2.69. The van der Waals surface area contributed by atoms with Gasteiger partial charge in [0.2, 0.25) is 10.0 Å². The van der Waals surface area contributed by atoms with Gasteiger partial charge in [-0.15, -0.1) is 0 Å². The zero-order chi connectivity index (χ0) is 18.2. The number of nitrogens with zero attached hydrogens (tertiary/aromatic N) is 1. The Labute approximate surface area is 156 Å². The average molecular weight is 370 g/mol. The molecule has 1 N–H and O–H groups in total. The third kappa shape index (κ3) is 5.39. The van der Waals surface area contributed by atoms with Gasteiger partial charge in [-0.25, -0.2) is 8.42 Å². The molecule has 0 radical (unpaired) electrons. The predicted molar refractivity (Wildman–Crippen MR) is 107 cm³/mol. The number of benzene rings is 2. The molecule has 136 valence electrons. The summed E-state index contributed by atoms with van der Waals surface area (Å²) >= 11 is 0. The van der Waals surface area contributed by atoms with E-state index in [1.165, 1.54) is 15.9 Å². The molecule has 1 aliphatic heterocycles. The van der Waals surface area contributed by atoms with Gasteiger partial charge >= 0.3 is 0 Å². The number of rotatable bonds is 6. The van der Waals surface area contributed by atoms with Crippen LogP contribution in [0.1, 0.15) is 11.1 Å². The van der Waals surface area contributed by atoms with E-state index >= 15 is 0 Å². The van der Waals surface area contributed by atoms with E-state index in [4.69, 9.17) is 0 Å². The molecule has 5 heteroatoms. The highest BCUT2D eigenvalue weighted by Crippen LogP contribution is 2.08. The van der Waals surface area contributed by atoms with Crippen molar-refractivity contribution in [3.63, 3.8) is 0 Å². The van der Waals surface area contributed by atoms with E-state index in [2.05, 4.69) is 24.3 Å². The van der Waals surface area contributed by atoms with Crippen LogP contribution in [0.5, 0.6) is 0 Å². The van der Waals surface area contributed by atoms with Gasteiger partial charge in [0.05, 0.1) is 32.7 Å². The highest BCUT2D eigenvalue weighted by atomic mass is 32.2. The summed E-state index contributed by atoms with van der Waals surface area (Å²) in [6.45, 7) is 3.71. The Morgan fingerprint density at radius 3 is 1.96 bits per heavy atom. The monoisotopic (exact) mass is 369 g/mol. The fourth-order valence-electron chi connectivity index (χ4n) is 3.00. The standard InChI is InChI=1S/C21H24N2O2S/c24-26(25,19-13-21-10-5-2-6-11-21)23-17-15-22(16-18-23)14-7-12-20-8-3-1-4-9-20/h1-13,19H,14-18H2/p+1/b12-7+,19-13+. The minimum Gasteiger partial charge on any atom is -0.329 e. The van der Waals surface area contributed by atoms with Gasteiger partial charge in [-0.1, -0.05) is 66.7 Å². The molecule has 0 bridgehead atoms. The zero-order valence-corrected chi connectivity index (χ0v) is 15.6. The summed E-state index contributed by atoms with van der Waals surface area (Å²) < 4.78 is 26.5. The molecule has 26 heavy (non-hydrogen) atoms. The Morgan fingerprint density at radius 1 is 0.846 bits per heavy atom. The Balaban J connectivity index is 1.50. The minimum atomic E-state index is -3.35. The van der Waals surface area contributed by atoms with Crippen LogP contribution in [-0.2, 0) is 10.0 Å². The third-order valence-electron chi connectivity index (χ3n) is 4.54. The quantitative estimate of drug-likeness (QED) is 0.845. The highest BCUT2D eigenvalue weighted by molar-refractivity contribution is 7.92.